The molecule has 0 rings (SSSR count). The highest BCUT2D eigenvalue weighted by molar-refractivity contribution is 7.47. The van der Waals surface area contributed by atoms with E-state index in [2.05, 4.69) is 111 Å². The van der Waals surface area contributed by atoms with Crippen LogP contribution in [0.4, 0.5) is 0 Å². The maximum atomic E-state index is 12.8. The first-order valence-corrected chi connectivity index (χ1v) is 33.0. The predicted molar refractivity (Wildman–Crippen MR) is 330 cm³/mol. The fourth-order valence-electron chi connectivity index (χ4n) is 8.56. The Hall–Kier alpha value is -3.07. The van der Waals surface area contributed by atoms with Crippen LogP contribution < -0.4 is 0 Å². The van der Waals surface area contributed by atoms with Crippen molar-refractivity contribution in [3.63, 3.8) is 0 Å². The molecule has 0 aromatic rings. The number of ether oxygens (including phenoxy) is 2. The summed E-state index contributed by atoms with van der Waals surface area (Å²) in [5.74, 6) is -0.794. The van der Waals surface area contributed by atoms with Crippen LogP contribution in [0.5, 0.6) is 0 Å². The average molecular weight is 1100 g/mol. The van der Waals surface area contributed by atoms with E-state index in [9.17, 15) is 19.0 Å². The van der Waals surface area contributed by atoms with E-state index in [1.54, 1.807) is 0 Å². The van der Waals surface area contributed by atoms with Gasteiger partial charge in [-0.15, -0.1) is 0 Å². The van der Waals surface area contributed by atoms with Crippen molar-refractivity contribution in [3.8, 4) is 0 Å². The number of carbonyl (C=O) groups excluding carboxylic acids is 2. The number of likely N-dealkylation sites (N-methyl/N-ethyl adjacent to an activating group) is 1. The van der Waals surface area contributed by atoms with Gasteiger partial charge in [-0.1, -0.05) is 272 Å². The minimum atomic E-state index is -4.39. The van der Waals surface area contributed by atoms with E-state index in [0.29, 0.717) is 17.4 Å². The van der Waals surface area contributed by atoms with Gasteiger partial charge in [0.2, 0.25) is 0 Å². The van der Waals surface area contributed by atoms with Crippen LogP contribution in [-0.4, -0.2) is 74.9 Å². The zero-order valence-electron chi connectivity index (χ0n) is 50.4. The van der Waals surface area contributed by atoms with E-state index >= 15 is 0 Å². The number of phosphoric acid groups is 1. The molecule has 0 aliphatic carbocycles. The summed E-state index contributed by atoms with van der Waals surface area (Å²) in [6.45, 7) is 4.34. The summed E-state index contributed by atoms with van der Waals surface area (Å²) < 4.78 is 34.6. The van der Waals surface area contributed by atoms with Gasteiger partial charge in [0.05, 0.1) is 27.7 Å². The van der Waals surface area contributed by atoms with Crippen molar-refractivity contribution in [2.45, 2.75) is 270 Å². The molecule has 0 spiro atoms. The maximum absolute atomic E-state index is 12.8. The smallest absolute Gasteiger partial charge is 0.462 e. The third-order valence-corrected chi connectivity index (χ3v) is 14.4. The molecule has 0 saturated heterocycles. The molecule has 0 heterocycles. The highest BCUT2D eigenvalue weighted by atomic mass is 31.2. The zero-order chi connectivity index (χ0) is 56.3. The number of nitrogens with zero attached hydrogens (tertiary/aromatic N) is 1. The van der Waals surface area contributed by atoms with Gasteiger partial charge < -0.3 is 18.9 Å². The molecule has 0 fully saturated rings. The molecule has 0 bridgehead atoms. The summed E-state index contributed by atoms with van der Waals surface area (Å²) >= 11 is 0. The first kappa shape index (κ1) is 73.9. The Kier molecular flexibility index (Phi) is 55.3. The molecule has 0 amide bonds. The van der Waals surface area contributed by atoms with Gasteiger partial charge in [-0.2, -0.15) is 0 Å². The van der Waals surface area contributed by atoms with Crippen molar-refractivity contribution in [1.82, 2.24) is 0 Å². The first-order chi connectivity index (χ1) is 37.5. The Balaban J connectivity index is 4.07. The van der Waals surface area contributed by atoms with Crippen molar-refractivity contribution in [1.29, 1.82) is 0 Å². The molecule has 10 heteroatoms. The van der Waals surface area contributed by atoms with E-state index in [-0.39, 0.29) is 32.0 Å². The van der Waals surface area contributed by atoms with Gasteiger partial charge in [-0.05, 0) is 77.0 Å². The molecular formula is C67H119NO8P+. The molecule has 0 aromatic heterocycles. The predicted octanol–water partition coefficient (Wildman–Crippen LogP) is 20.0. The molecule has 2 atom stereocenters. The number of rotatable bonds is 57. The van der Waals surface area contributed by atoms with E-state index in [1.165, 1.54) is 141 Å². The number of unbranched alkanes of at least 4 members (excludes halogenated alkanes) is 27. The standard InChI is InChI=1S/C67H118NO8P/c1-6-8-10-12-14-16-18-20-22-24-25-26-27-28-29-30-31-32-33-34-35-36-37-38-39-40-41-42-43-44-46-48-50-52-54-56-58-60-67(70)76-65(64-75-77(71,72)74-62-61-68(3,4)5)63-73-66(69)59-57-55-53-51-49-47-45-23-21-19-17-15-13-11-9-7-2/h8,10,14,16,20,22,25-26,28-29,31-32,34-35,37-38,65H,6-7,9,11-13,15,17-19,21,23-24,27,30,33,36,39-64H2,1-5H3/p+1/b10-8-,16-14-,22-20-,26-25-,29-28-,32-31-,35-34-,38-37-. The van der Waals surface area contributed by atoms with Crippen LogP contribution in [-0.2, 0) is 32.7 Å². The molecular weight excluding hydrogens is 978 g/mol. The zero-order valence-corrected chi connectivity index (χ0v) is 51.3. The van der Waals surface area contributed by atoms with E-state index in [4.69, 9.17) is 18.5 Å². The Morgan fingerprint density at radius 1 is 0.416 bits per heavy atom. The topological polar surface area (TPSA) is 108 Å². The molecule has 0 saturated carbocycles. The summed E-state index contributed by atoms with van der Waals surface area (Å²) in [6, 6.07) is 0. The number of esters is 2. The minimum absolute atomic E-state index is 0.0296. The number of hydrogen-bond donors (Lipinski definition) is 1. The fraction of sp³-hybridized carbons (Fsp3) is 0.731. The third-order valence-electron chi connectivity index (χ3n) is 13.4. The van der Waals surface area contributed by atoms with Gasteiger partial charge in [-0.3, -0.25) is 18.6 Å². The van der Waals surface area contributed by atoms with Crippen LogP contribution in [0.1, 0.15) is 264 Å². The van der Waals surface area contributed by atoms with Crippen LogP contribution in [0.2, 0.25) is 0 Å². The number of phosphoric ester groups is 1. The van der Waals surface area contributed by atoms with Crippen molar-refractivity contribution in [2.24, 2.45) is 0 Å². The highest BCUT2D eigenvalue weighted by Crippen LogP contribution is 2.43. The van der Waals surface area contributed by atoms with Crippen LogP contribution >= 0.6 is 7.82 Å². The second kappa shape index (κ2) is 57.6. The molecule has 0 aromatic carbocycles. The van der Waals surface area contributed by atoms with E-state index in [0.717, 1.165) is 89.9 Å². The fourth-order valence-corrected chi connectivity index (χ4v) is 9.30. The molecule has 444 valence electrons. The van der Waals surface area contributed by atoms with Crippen molar-refractivity contribution in [2.75, 3.05) is 47.5 Å². The lowest BCUT2D eigenvalue weighted by Gasteiger charge is -2.24. The lowest BCUT2D eigenvalue weighted by atomic mass is 10.0. The molecule has 2 unspecified atom stereocenters. The van der Waals surface area contributed by atoms with Gasteiger partial charge in [0.1, 0.15) is 19.8 Å². The maximum Gasteiger partial charge on any atom is 0.472 e. The molecule has 0 aliphatic heterocycles. The minimum Gasteiger partial charge on any atom is -0.462 e. The molecule has 77 heavy (non-hydrogen) atoms. The highest BCUT2D eigenvalue weighted by Gasteiger charge is 2.27. The van der Waals surface area contributed by atoms with Crippen molar-refractivity contribution < 1.29 is 42.1 Å². The van der Waals surface area contributed by atoms with Crippen LogP contribution in [0.25, 0.3) is 0 Å². The van der Waals surface area contributed by atoms with Crippen molar-refractivity contribution in [3.05, 3.63) is 97.2 Å². The van der Waals surface area contributed by atoms with Gasteiger partial charge in [0, 0.05) is 12.8 Å². The molecule has 0 radical (unpaired) electrons. The van der Waals surface area contributed by atoms with Gasteiger partial charge in [0.15, 0.2) is 6.10 Å². The second-order valence-corrected chi connectivity index (χ2v) is 23.5. The monoisotopic (exact) mass is 1100 g/mol. The largest absolute Gasteiger partial charge is 0.472 e. The second-order valence-electron chi connectivity index (χ2n) is 22.1. The summed E-state index contributed by atoms with van der Waals surface area (Å²) in [6.07, 6.45) is 79.1. The quantitative estimate of drug-likeness (QED) is 0.0211. The van der Waals surface area contributed by atoms with Crippen molar-refractivity contribution >= 4 is 19.8 Å². The molecule has 1 N–H and O–H groups in total. The SMILES string of the molecule is CC/C=C\C/C=C\C/C=C\C/C=C\C/C=C\C/C=C\C/C=C\C/C=C\CCCCCCCCCCCCCCC(=O)OC(COC(=O)CCCCCCCCCCCCCCCCCC)COP(=O)(O)OCC[N+](C)(C)C. The Bertz CT molecular complexity index is 1620. The third kappa shape index (κ3) is 62.0. The Morgan fingerprint density at radius 2 is 0.740 bits per heavy atom. The summed E-state index contributed by atoms with van der Waals surface area (Å²) in [5.41, 5.74) is 0. The number of carbonyl (C=O) groups is 2. The number of allylic oxidation sites excluding steroid dienone is 16. The normalized spacial score (nSPS) is 13.9. The van der Waals surface area contributed by atoms with Gasteiger partial charge >= 0.3 is 19.8 Å². The number of hydrogen-bond acceptors (Lipinski definition) is 7. The van der Waals surface area contributed by atoms with Gasteiger partial charge in [-0.25, -0.2) is 4.57 Å². The lowest BCUT2D eigenvalue weighted by Crippen LogP contribution is -2.37. The Labute approximate surface area is 474 Å². The summed E-state index contributed by atoms with van der Waals surface area (Å²) in [4.78, 5) is 35.7. The average Bonchev–Trinajstić information content (AvgIpc) is 3.39. The van der Waals surface area contributed by atoms with Crippen LogP contribution in [0.3, 0.4) is 0 Å². The molecule has 0 aliphatic rings. The number of quaternary nitrogens is 1. The Morgan fingerprint density at radius 3 is 1.10 bits per heavy atom. The van der Waals surface area contributed by atoms with Gasteiger partial charge in [0.25, 0.3) is 0 Å². The lowest BCUT2D eigenvalue weighted by molar-refractivity contribution is -0.870. The van der Waals surface area contributed by atoms with E-state index < -0.39 is 26.5 Å². The molecule has 9 nitrogen and oxygen atoms in total. The summed E-state index contributed by atoms with van der Waals surface area (Å²) in [7, 11) is 1.48. The first-order valence-electron chi connectivity index (χ1n) is 31.5. The summed E-state index contributed by atoms with van der Waals surface area (Å²) in [5, 5.41) is 0. The van der Waals surface area contributed by atoms with Crippen LogP contribution in [0.15, 0.2) is 97.2 Å². The van der Waals surface area contributed by atoms with E-state index in [1.807, 2.05) is 21.1 Å². The van der Waals surface area contributed by atoms with Crippen LogP contribution in [0, 0.1) is 0 Å².